The SMILES string of the molecule is COCC1CCN(S(=O)(=O)N2CCC[C@H](c3ccc(C(=O)O)cc3)C2)CC1. The monoisotopic (exact) mass is 396 g/mol. The van der Waals surface area contributed by atoms with Crippen LogP contribution < -0.4 is 0 Å². The number of carboxylic acids is 1. The smallest absolute Gasteiger partial charge is 0.335 e. The highest BCUT2D eigenvalue weighted by atomic mass is 32.2. The molecule has 0 aromatic heterocycles. The van der Waals surface area contributed by atoms with Crippen LogP contribution in [-0.2, 0) is 14.9 Å². The molecule has 0 unspecified atom stereocenters. The number of aromatic carboxylic acids is 1. The summed E-state index contributed by atoms with van der Waals surface area (Å²) in [6.45, 7) is 2.78. The number of hydrogen-bond donors (Lipinski definition) is 1. The highest BCUT2D eigenvalue weighted by molar-refractivity contribution is 7.86. The van der Waals surface area contributed by atoms with E-state index in [-0.39, 0.29) is 11.5 Å². The van der Waals surface area contributed by atoms with Crippen LogP contribution in [0.4, 0.5) is 0 Å². The predicted molar refractivity (Wildman–Crippen MR) is 102 cm³/mol. The van der Waals surface area contributed by atoms with Crippen LogP contribution in [0.25, 0.3) is 0 Å². The molecule has 2 aliphatic heterocycles. The van der Waals surface area contributed by atoms with Crippen molar-refractivity contribution >= 4 is 16.2 Å². The van der Waals surface area contributed by atoms with E-state index in [0.29, 0.717) is 38.7 Å². The molecular formula is C19H28N2O5S. The van der Waals surface area contributed by atoms with Gasteiger partial charge in [-0.2, -0.15) is 17.0 Å². The molecule has 1 atom stereocenters. The summed E-state index contributed by atoms with van der Waals surface area (Å²) in [5.74, 6) is -0.419. The minimum atomic E-state index is -3.45. The summed E-state index contributed by atoms with van der Waals surface area (Å²) in [7, 11) is -1.77. The fraction of sp³-hybridized carbons (Fsp3) is 0.632. The molecule has 27 heavy (non-hydrogen) atoms. The minimum absolute atomic E-state index is 0.0994. The van der Waals surface area contributed by atoms with Crippen LogP contribution in [0.1, 0.15) is 47.5 Å². The highest BCUT2D eigenvalue weighted by Crippen LogP contribution is 2.30. The van der Waals surface area contributed by atoms with Crippen LogP contribution >= 0.6 is 0 Å². The molecule has 2 saturated heterocycles. The van der Waals surface area contributed by atoms with E-state index in [4.69, 9.17) is 9.84 Å². The summed E-state index contributed by atoms with van der Waals surface area (Å²) in [5, 5.41) is 9.03. The van der Waals surface area contributed by atoms with E-state index in [1.165, 1.54) is 0 Å². The predicted octanol–water partition coefficient (Wildman–Crippen LogP) is 2.17. The van der Waals surface area contributed by atoms with Gasteiger partial charge in [0.2, 0.25) is 0 Å². The number of carbonyl (C=O) groups is 1. The van der Waals surface area contributed by atoms with Gasteiger partial charge in [0.05, 0.1) is 5.56 Å². The molecule has 0 amide bonds. The Balaban J connectivity index is 1.65. The van der Waals surface area contributed by atoms with Crippen molar-refractivity contribution in [3.05, 3.63) is 35.4 Å². The fourth-order valence-corrected chi connectivity index (χ4v) is 5.75. The number of piperidine rings is 2. The van der Waals surface area contributed by atoms with E-state index < -0.39 is 16.2 Å². The van der Waals surface area contributed by atoms with Gasteiger partial charge in [-0.3, -0.25) is 0 Å². The molecule has 1 N–H and O–H groups in total. The third-order valence-electron chi connectivity index (χ3n) is 5.64. The van der Waals surface area contributed by atoms with Gasteiger partial charge < -0.3 is 9.84 Å². The molecule has 3 rings (SSSR count). The molecule has 0 spiro atoms. The Morgan fingerprint density at radius 3 is 2.37 bits per heavy atom. The summed E-state index contributed by atoms with van der Waals surface area (Å²) in [4.78, 5) is 11.0. The van der Waals surface area contributed by atoms with E-state index in [2.05, 4.69) is 0 Å². The fourth-order valence-electron chi connectivity index (χ4n) is 4.03. The Morgan fingerprint density at radius 1 is 1.11 bits per heavy atom. The normalized spacial score (nSPS) is 23.4. The standard InChI is InChI=1S/C19H28N2O5S/c1-26-14-15-8-11-20(12-9-15)27(24,25)21-10-2-3-18(13-21)16-4-6-17(7-5-16)19(22)23/h4-7,15,18H,2-3,8-14H2,1H3,(H,22,23)/t18-/m0/s1. The molecule has 2 fully saturated rings. The molecule has 2 heterocycles. The van der Waals surface area contributed by atoms with Crippen LogP contribution in [0, 0.1) is 5.92 Å². The Hall–Kier alpha value is -1.48. The second kappa shape index (κ2) is 8.68. The molecule has 1 aromatic rings. The Morgan fingerprint density at radius 2 is 1.78 bits per heavy atom. The van der Waals surface area contributed by atoms with E-state index in [0.717, 1.165) is 31.2 Å². The van der Waals surface area contributed by atoms with Gasteiger partial charge in [-0.15, -0.1) is 0 Å². The molecule has 8 heteroatoms. The average molecular weight is 397 g/mol. The summed E-state index contributed by atoms with van der Waals surface area (Å²) >= 11 is 0. The molecule has 0 bridgehead atoms. The van der Waals surface area contributed by atoms with Crippen LogP contribution in [0.2, 0.25) is 0 Å². The first-order chi connectivity index (χ1) is 12.9. The summed E-state index contributed by atoms with van der Waals surface area (Å²) in [6, 6.07) is 6.79. The van der Waals surface area contributed by atoms with Crippen molar-refractivity contribution < 1.29 is 23.1 Å². The van der Waals surface area contributed by atoms with Crippen LogP contribution in [-0.4, -0.2) is 68.0 Å². The van der Waals surface area contributed by atoms with E-state index >= 15 is 0 Å². The quantitative estimate of drug-likeness (QED) is 0.796. The Labute approximate surface area is 161 Å². The lowest BCUT2D eigenvalue weighted by molar-refractivity contribution is 0.0697. The lowest BCUT2D eigenvalue weighted by Crippen LogP contribution is -2.50. The van der Waals surface area contributed by atoms with E-state index in [1.807, 2.05) is 0 Å². The van der Waals surface area contributed by atoms with Crippen molar-refractivity contribution in [1.82, 2.24) is 8.61 Å². The third-order valence-corrected chi connectivity index (χ3v) is 7.64. The molecule has 2 aliphatic rings. The Bertz CT molecular complexity index is 742. The zero-order valence-corrected chi connectivity index (χ0v) is 16.5. The molecule has 0 saturated carbocycles. The van der Waals surface area contributed by atoms with Crippen molar-refractivity contribution in [2.45, 2.75) is 31.6 Å². The van der Waals surface area contributed by atoms with Crippen molar-refractivity contribution in [3.63, 3.8) is 0 Å². The molecule has 7 nitrogen and oxygen atoms in total. The van der Waals surface area contributed by atoms with Gasteiger partial charge in [-0.1, -0.05) is 12.1 Å². The van der Waals surface area contributed by atoms with Crippen molar-refractivity contribution in [3.8, 4) is 0 Å². The molecular weight excluding hydrogens is 368 g/mol. The number of hydrogen-bond acceptors (Lipinski definition) is 4. The molecule has 0 radical (unpaired) electrons. The zero-order valence-electron chi connectivity index (χ0n) is 15.7. The van der Waals surface area contributed by atoms with Crippen LogP contribution in [0.5, 0.6) is 0 Å². The second-order valence-electron chi connectivity index (χ2n) is 7.43. The number of benzene rings is 1. The van der Waals surface area contributed by atoms with Gasteiger partial charge in [-0.05, 0) is 55.2 Å². The second-order valence-corrected chi connectivity index (χ2v) is 9.36. The first-order valence-electron chi connectivity index (χ1n) is 9.49. The lowest BCUT2D eigenvalue weighted by atomic mass is 9.91. The Kier molecular flexibility index (Phi) is 6.52. The number of nitrogens with zero attached hydrogens (tertiary/aromatic N) is 2. The summed E-state index contributed by atoms with van der Waals surface area (Å²) in [5.41, 5.74) is 1.25. The van der Waals surface area contributed by atoms with E-state index in [1.54, 1.807) is 40.0 Å². The average Bonchev–Trinajstić information content (AvgIpc) is 2.69. The maximum absolute atomic E-state index is 13.1. The van der Waals surface area contributed by atoms with E-state index in [9.17, 15) is 13.2 Å². The maximum Gasteiger partial charge on any atom is 0.335 e. The van der Waals surface area contributed by atoms with Gasteiger partial charge in [0.1, 0.15) is 0 Å². The number of rotatable bonds is 6. The van der Waals surface area contributed by atoms with Gasteiger partial charge in [0, 0.05) is 39.9 Å². The molecule has 150 valence electrons. The zero-order chi connectivity index (χ0) is 19.4. The first-order valence-corrected chi connectivity index (χ1v) is 10.9. The topological polar surface area (TPSA) is 87.2 Å². The maximum atomic E-state index is 13.1. The summed E-state index contributed by atoms with van der Waals surface area (Å²) < 4.78 is 34.5. The van der Waals surface area contributed by atoms with Gasteiger partial charge in [0.15, 0.2) is 0 Å². The largest absolute Gasteiger partial charge is 0.478 e. The minimum Gasteiger partial charge on any atom is -0.478 e. The number of methoxy groups -OCH3 is 1. The van der Waals surface area contributed by atoms with Crippen LogP contribution in [0.3, 0.4) is 0 Å². The van der Waals surface area contributed by atoms with Gasteiger partial charge in [0.25, 0.3) is 10.2 Å². The number of ether oxygens (including phenoxy) is 1. The molecule has 0 aliphatic carbocycles. The highest BCUT2D eigenvalue weighted by Gasteiger charge is 2.36. The van der Waals surface area contributed by atoms with Gasteiger partial charge in [-0.25, -0.2) is 4.79 Å². The van der Waals surface area contributed by atoms with Crippen LogP contribution in [0.15, 0.2) is 24.3 Å². The summed E-state index contributed by atoms with van der Waals surface area (Å²) in [6.07, 6.45) is 3.39. The first kappa shape index (κ1) is 20.3. The lowest BCUT2D eigenvalue weighted by Gasteiger charge is -2.38. The molecule has 1 aromatic carbocycles. The van der Waals surface area contributed by atoms with Crippen molar-refractivity contribution in [2.24, 2.45) is 5.92 Å². The van der Waals surface area contributed by atoms with Crippen molar-refractivity contribution in [1.29, 1.82) is 0 Å². The van der Waals surface area contributed by atoms with Gasteiger partial charge >= 0.3 is 5.97 Å². The third kappa shape index (κ3) is 4.68. The number of carboxylic acid groups (broad SMARTS) is 1. The van der Waals surface area contributed by atoms with Crippen molar-refractivity contribution in [2.75, 3.05) is 39.9 Å².